The van der Waals surface area contributed by atoms with Gasteiger partial charge < -0.3 is 30.9 Å². The van der Waals surface area contributed by atoms with E-state index >= 15 is 0 Å². The lowest BCUT2D eigenvalue weighted by Crippen LogP contribution is -2.42. The second-order valence-electron chi connectivity index (χ2n) is 11.0. The number of carbonyl (C=O) groups is 2. The normalized spacial score (nSPS) is 19.3. The van der Waals surface area contributed by atoms with Crippen molar-refractivity contribution in [3.8, 4) is 0 Å². The summed E-state index contributed by atoms with van der Waals surface area (Å²) in [5, 5.41) is 30.4. The number of imidazole rings is 1. The molecule has 1 fully saturated rings. The molecule has 1 unspecified atom stereocenters. The summed E-state index contributed by atoms with van der Waals surface area (Å²) in [6.07, 6.45) is -4.06. The zero-order chi connectivity index (χ0) is 32.0. The van der Waals surface area contributed by atoms with Gasteiger partial charge in [-0.2, -0.15) is 0 Å². The SMILES string of the molecule is CCNC(=O)[C@H]1OC(n2cnc3c(NCC(c4ccccc4)c4ccccc4)nc(C(=O)NCc4ccccc4)nc32)[C@H](O)[C@@H]1O. The maximum atomic E-state index is 13.4. The molecule has 3 aromatic carbocycles. The molecule has 5 N–H and O–H groups in total. The fourth-order valence-corrected chi connectivity index (χ4v) is 5.56. The number of rotatable bonds is 11. The molecular formula is C34H35N7O5. The largest absolute Gasteiger partial charge is 0.387 e. The van der Waals surface area contributed by atoms with Crippen LogP contribution in [0.2, 0.25) is 0 Å². The van der Waals surface area contributed by atoms with E-state index in [-0.39, 0.29) is 23.9 Å². The summed E-state index contributed by atoms with van der Waals surface area (Å²) in [6, 6.07) is 29.6. The predicted octanol–water partition coefficient (Wildman–Crippen LogP) is 2.76. The summed E-state index contributed by atoms with van der Waals surface area (Å²) in [7, 11) is 0. The van der Waals surface area contributed by atoms with E-state index in [1.807, 2.05) is 66.7 Å². The van der Waals surface area contributed by atoms with Gasteiger partial charge in [0.05, 0.1) is 6.33 Å². The molecule has 3 heterocycles. The third kappa shape index (κ3) is 6.45. The summed E-state index contributed by atoms with van der Waals surface area (Å²) >= 11 is 0. The molecule has 4 atom stereocenters. The van der Waals surface area contributed by atoms with Crippen LogP contribution in [0.5, 0.6) is 0 Å². The molecule has 12 heteroatoms. The van der Waals surface area contributed by atoms with E-state index in [9.17, 15) is 19.8 Å². The fourth-order valence-electron chi connectivity index (χ4n) is 5.56. The van der Waals surface area contributed by atoms with Crippen LogP contribution in [0.25, 0.3) is 11.2 Å². The minimum Gasteiger partial charge on any atom is -0.387 e. The van der Waals surface area contributed by atoms with Crippen LogP contribution in [0.3, 0.4) is 0 Å². The first-order valence-electron chi connectivity index (χ1n) is 15.1. The number of amides is 2. The van der Waals surface area contributed by atoms with Crippen molar-refractivity contribution in [1.29, 1.82) is 0 Å². The maximum Gasteiger partial charge on any atom is 0.289 e. The molecule has 1 aliphatic heterocycles. The van der Waals surface area contributed by atoms with Gasteiger partial charge in [-0.1, -0.05) is 91.0 Å². The molecule has 2 aromatic heterocycles. The standard InChI is InChI=1S/C34H35N7O5/c1-2-35-32(44)28-26(42)27(43)34(46-28)41-20-38-25-29(36-19-24(22-14-8-4-9-15-22)23-16-10-5-11-17-23)39-30(40-31(25)41)33(45)37-18-21-12-6-3-7-13-21/h3-17,20,24,26-28,34,42-43H,2,18-19H2,1H3,(H,35,44)(H,37,45)(H,36,39,40)/t26-,27+,28-,34?/m0/s1. The number of aliphatic hydroxyl groups excluding tert-OH is 2. The van der Waals surface area contributed by atoms with Gasteiger partial charge in [0.1, 0.15) is 12.2 Å². The second-order valence-corrected chi connectivity index (χ2v) is 11.0. The molecule has 6 rings (SSSR count). The van der Waals surface area contributed by atoms with Crippen LogP contribution in [0, 0.1) is 0 Å². The quantitative estimate of drug-likeness (QED) is 0.149. The predicted molar refractivity (Wildman–Crippen MR) is 171 cm³/mol. The van der Waals surface area contributed by atoms with Crippen LogP contribution in [0.4, 0.5) is 5.82 Å². The van der Waals surface area contributed by atoms with Gasteiger partial charge in [-0.3, -0.25) is 14.2 Å². The van der Waals surface area contributed by atoms with Crippen LogP contribution in [0.15, 0.2) is 97.3 Å². The lowest BCUT2D eigenvalue weighted by atomic mass is 9.91. The average molecular weight is 622 g/mol. The molecule has 1 aliphatic rings. The lowest BCUT2D eigenvalue weighted by Gasteiger charge is -2.20. The molecule has 12 nitrogen and oxygen atoms in total. The third-order valence-electron chi connectivity index (χ3n) is 7.92. The fraction of sp³-hybridized carbons (Fsp3) is 0.265. The maximum absolute atomic E-state index is 13.4. The number of hydrogen-bond donors (Lipinski definition) is 5. The van der Waals surface area contributed by atoms with Crippen LogP contribution in [-0.4, -0.2) is 72.9 Å². The molecule has 1 saturated heterocycles. The van der Waals surface area contributed by atoms with Gasteiger partial charge in [-0.25, -0.2) is 15.0 Å². The number of aliphatic hydroxyl groups is 2. The Morgan fingerprint density at radius 1 is 0.870 bits per heavy atom. The summed E-state index contributed by atoms with van der Waals surface area (Å²) in [4.78, 5) is 39.6. The van der Waals surface area contributed by atoms with Crippen LogP contribution in [0.1, 0.15) is 46.4 Å². The zero-order valence-electron chi connectivity index (χ0n) is 25.2. The highest BCUT2D eigenvalue weighted by atomic mass is 16.6. The topological polar surface area (TPSA) is 164 Å². The molecule has 0 bridgehead atoms. The molecule has 2 amide bonds. The van der Waals surface area contributed by atoms with Crippen molar-refractivity contribution in [1.82, 2.24) is 30.2 Å². The van der Waals surface area contributed by atoms with Crippen molar-refractivity contribution in [2.75, 3.05) is 18.4 Å². The van der Waals surface area contributed by atoms with E-state index in [4.69, 9.17) is 4.74 Å². The Morgan fingerprint density at radius 2 is 1.50 bits per heavy atom. The van der Waals surface area contributed by atoms with Crippen LogP contribution < -0.4 is 16.0 Å². The summed E-state index contributed by atoms with van der Waals surface area (Å²) in [5.41, 5.74) is 3.59. The molecule has 236 valence electrons. The van der Waals surface area contributed by atoms with Gasteiger partial charge >= 0.3 is 0 Å². The highest BCUT2D eigenvalue weighted by Gasteiger charge is 2.47. The molecule has 5 aromatic rings. The van der Waals surface area contributed by atoms with Gasteiger partial charge in [-0.05, 0) is 23.6 Å². The molecule has 0 radical (unpaired) electrons. The van der Waals surface area contributed by atoms with Gasteiger partial charge in [0.15, 0.2) is 29.3 Å². The van der Waals surface area contributed by atoms with Gasteiger partial charge in [-0.15, -0.1) is 0 Å². The van der Waals surface area contributed by atoms with E-state index in [1.165, 1.54) is 10.9 Å². The number of fused-ring (bicyclic) bond motifs is 1. The Kier molecular flexibility index (Phi) is 9.29. The number of carbonyl (C=O) groups excluding carboxylic acids is 2. The first-order chi connectivity index (χ1) is 22.4. The highest BCUT2D eigenvalue weighted by molar-refractivity contribution is 5.94. The van der Waals surface area contributed by atoms with Gasteiger partial charge in [0.2, 0.25) is 5.82 Å². The Balaban J connectivity index is 1.36. The number of aromatic nitrogens is 4. The number of anilines is 1. The van der Waals surface area contributed by atoms with Gasteiger partial charge in [0.25, 0.3) is 11.8 Å². The van der Waals surface area contributed by atoms with Crippen molar-refractivity contribution in [3.05, 3.63) is 120 Å². The van der Waals surface area contributed by atoms with Gasteiger partial charge in [0, 0.05) is 25.6 Å². The van der Waals surface area contributed by atoms with Crippen molar-refractivity contribution in [3.63, 3.8) is 0 Å². The number of benzene rings is 3. The summed E-state index contributed by atoms with van der Waals surface area (Å²) in [6.45, 7) is 2.75. The molecule has 0 aliphatic carbocycles. The molecule has 0 saturated carbocycles. The number of nitrogens with zero attached hydrogens (tertiary/aromatic N) is 4. The van der Waals surface area contributed by atoms with Crippen LogP contribution in [-0.2, 0) is 16.1 Å². The van der Waals surface area contributed by atoms with Crippen molar-refractivity contribution in [2.45, 2.75) is 43.9 Å². The number of ether oxygens (including phenoxy) is 1. The Bertz CT molecular complexity index is 1750. The Labute approximate surface area is 265 Å². The monoisotopic (exact) mass is 621 g/mol. The van der Waals surface area contributed by atoms with E-state index in [0.717, 1.165) is 16.7 Å². The Hall–Kier alpha value is -5.17. The lowest BCUT2D eigenvalue weighted by molar-refractivity contribution is -0.137. The van der Waals surface area contributed by atoms with E-state index in [2.05, 4.69) is 55.2 Å². The zero-order valence-corrected chi connectivity index (χ0v) is 25.2. The second kappa shape index (κ2) is 13.9. The van der Waals surface area contributed by atoms with Crippen molar-refractivity contribution in [2.24, 2.45) is 0 Å². The molecule has 0 spiro atoms. The first kappa shape index (κ1) is 30.8. The Morgan fingerprint density at radius 3 is 2.13 bits per heavy atom. The van der Waals surface area contributed by atoms with Crippen molar-refractivity contribution >= 4 is 28.8 Å². The smallest absolute Gasteiger partial charge is 0.289 e. The highest BCUT2D eigenvalue weighted by Crippen LogP contribution is 2.33. The third-order valence-corrected chi connectivity index (χ3v) is 7.92. The summed E-state index contributed by atoms with van der Waals surface area (Å²) < 4.78 is 7.25. The van der Waals surface area contributed by atoms with E-state index in [1.54, 1.807) is 6.92 Å². The average Bonchev–Trinajstić information content (AvgIpc) is 3.65. The molecular weight excluding hydrogens is 586 g/mol. The van der Waals surface area contributed by atoms with E-state index in [0.29, 0.717) is 24.4 Å². The number of likely N-dealkylation sites (N-methyl/N-ethyl adjacent to an activating group) is 1. The number of nitrogens with one attached hydrogen (secondary N) is 3. The minimum absolute atomic E-state index is 0.0576. The van der Waals surface area contributed by atoms with E-state index < -0.39 is 36.4 Å². The minimum atomic E-state index is -1.49. The van der Waals surface area contributed by atoms with Crippen molar-refractivity contribution < 1.29 is 24.5 Å². The number of hydrogen-bond acceptors (Lipinski definition) is 9. The van der Waals surface area contributed by atoms with Crippen LogP contribution >= 0.6 is 0 Å². The summed E-state index contributed by atoms with van der Waals surface area (Å²) in [5.74, 6) is -0.947. The molecule has 46 heavy (non-hydrogen) atoms. The first-order valence-corrected chi connectivity index (χ1v) is 15.1.